The van der Waals surface area contributed by atoms with Gasteiger partial charge in [0.2, 0.25) is 0 Å². The van der Waals surface area contributed by atoms with Gasteiger partial charge in [0.05, 0.1) is 23.9 Å². The third-order valence-corrected chi connectivity index (χ3v) is 4.71. The number of carbonyl (C=O) groups is 2. The number of carbonyl (C=O) groups excluding carboxylic acids is 2. The topological polar surface area (TPSA) is 68.7 Å². The number of esters is 1. The van der Waals surface area contributed by atoms with Gasteiger partial charge in [-0.1, -0.05) is 30.3 Å². The van der Waals surface area contributed by atoms with Crippen LogP contribution in [-0.4, -0.2) is 42.0 Å². The average molecular weight is 392 g/mol. The largest absolute Gasteiger partial charge is 0.497 e. The molecule has 150 valence electrons. The van der Waals surface area contributed by atoms with Crippen molar-refractivity contribution in [2.75, 3.05) is 20.3 Å². The molecule has 29 heavy (non-hydrogen) atoms. The molecule has 2 aromatic carbocycles. The van der Waals surface area contributed by atoms with Crippen LogP contribution in [-0.2, 0) is 16.1 Å². The summed E-state index contributed by atoms with van der Waals surface area (Å²) in [5.74, 6) is -0.0962. The van der Waals surface area contributed by atoms with Crippen molar-refractivity contribution in [3.63, 3.8) is 0 Å². The second-order valence-electron chi connectivity index (χ2n) is 6.65. The van der Waals surface area contributed by atoms with Gasteiger partial charge in [-0.05, 0) is 37.6 Å². The SMILES string of the molecule is CCN(Cc1ccccc1)C(=O)COC(=O)c1cc2ccc(OC)cc2nc1C. The Morgan fingerprint density at radius 1 is 1.07 bits per heavy atom. The van der Waals surface area contributed by atoms with Gasteiger partial charge < -0.3 is 14.4 Å². The predicted molar refractivity (Wildman–Crippen MR) is 111 cm³/mol. The number of benzene rings is 2. The number of likely N-dealkylation sites (N-methyl/N-ethyl adjacent to an activating group) is 1. The maximum atomic E-state index is 12.5. The minimum absolute atomic E-state index is 0.235. The van der Waals surface area contributed by atoms with E-state index < -0.39 is 5.97 Å². The van der Waals surface area contributed by atoms with Crippen molar-refractivity contribution in [1.29, 1.82) is 0 Å². The fourth-order valence-corrected chi connectivity index (χ4v) is 3.05. The molecule has 0 saturated heterocycles. The van der Waals surface area contributed by atoms with Crippen LogP contribution in [0.4, 0.5) is 0 Å². The first-order valence-electron chi connectivity index (χ1n) is 9.46. The van der Waals surface area contributed by atoms with Gasteiger partial charge in [0.25, 0.3) is 5.91 Å². The predicted octanol–water partition coefficient (Wildman–Crippen LogP) is 3.76. The zero-order valence-electron chi connectivity index (χ0n) is 16.8. The fourth-order valence-electron chi connectivity index (χ4n) is 3.05. The van der Waals surface area contributed by atoms with Gasteiger partial charge in [0.1, 0.15) is 5.75 Å². The van der Waals surface area contributed by atoms with Gasteiger partial charge in [-0.3, -0.25) is 9.78 Å². The fraction of sp³-hybridized carbons (Fsp3) is 0.261. The lowest BCUT2D eigenvalue weighted by atomic mass is 10.1. The number of pyridine rings is 1. The van der Waals surface area contributed by atoms with Crippen LogP contribution < -0.4 is 4.74 Å². The number of fused-ring (bicyclic) bond motifs is 1. The summed E-state index contributed by atoms with van der Waals surface area (Å²) in [5, 5.41) is 0.800. The van der Waals surface area contributed by atoms with Crippen LogP contribution in [0.2, 0.25) is 0 Å². The van der Waals surface area contributed by atoms with E-state index in [4.69, 9.17) is 9.47 Å². The Kier molecular flexibility index (Phi) is 6.44. The zero-order valence-corrected chi connectivity index (χ0v) is 16.8. The molecule has 0 N–H and O–H groups in total. The van der Waals surface area contributed by atoms with Crippen molar-refractivity contribution in [2.45, 2.75) is 20.4 Å². The van der Waals surface area contributed by atoms with Crippen molar-refractivity contribution in [1.82, 2.24) is 9.88 Å². The van der Waals surface area contributed by atoms with E-state index in [1.165, 1.54) is 0 Å². The quantitative estimate of drug-likeness (QED) is 0.573. The molecule has 0 saturated carbocycles. The Bertz CT molecular complexity index is 1020. The summed E-state index contributed by atoms with van der Waals surface area (Å²) in [6, 6.07) is 16.9. The highest BCUT2D eigenvalue weighted by molar-refractivity contribution is 5.96. The van der Waals surface area contributed by atoms with Gasteiger partial charge in [0.15, 0.2) is 6.61 Å². The minimum atomic E-state index is -0.558. The van der Waals surface area contributed by atoms with Crippen LogP contribution in [0.15, 0.2) is 54.6 Å². The maximum Gasteiger partial charge on any atom is 0.340 e. The second kappa shape index (κ2) is 9.19. The number of aryl methyl sites for hydroxylation is 1. The lowest BCUT2D eigenvalue weighted by Gasteiger charge is -2.21. The Balaban J connectivity index is 1.67. The van der Waals surface area contributed by atoms with Gasteiger partial charge in [-0.2, -0.15) is 0 Å². The summed E-state index contributed by atoms with van der Waals surface area (Å²) in [4.78, 5) is 31.2. The smallest absolute Gasteiger partial charge is 0.340 e. The first-order valence-corrected chi connectivity index (χ1v) is 9.46. The summed E-state index contributed by atoms with van der Waals surface area (Å²) in [7, 11) is 1.59. The molecule has 1 amide bonds. The summed E-state index contributed by atoms with van der Waals surface area (Å²) >= 11 is 0. The molecule has 0 fully saturated rings. The van der Waals surface area contributed by atoms with Gasteiger partial charge in [0, 0.05) is 24.5 Å². The van der Waals surface area contributed by atoms with E-state index in [0.717, 1.165) is 16.5 Å². The van der Waals surface area contributed by atoms with Gasteiger partial charge in [-0.15, -0.1) is 0 Å². The van der Waals surface area contributed by atoms with Crippen molar-refractivity contribution in [3.05, 3.63) is 71.4 Å². The van der Waals surface area contributed by atoms with E-state index in [0.29, 0.717) is 30.1 Å². The summed E-state index contributed by atoms with van der Waals surface area (Å²) < 4.78 is 10.5. The summed E-state index contributed by atoms with van der Waals surface area (Å²) in [6.45, 7) is 4.34. The van der Waals surface area contributed by atoms with E-state index in [1.54, 1.807) is 31.1 Å². The molecule has 0 radical (unpaired) electrons. The number of nitrogens with zero attached hydrogens (tertiary/aromatic N) is 2. The molecule has 3 aromatic rings. The number of aromatic nitrogens is 1. The van der Waals surface area contributed by atoms with Crippen LogP contribution in [0.5, 0.6) is 5.75 Å². The highest BCUT2D eigenvalue weighted by Crippen LogP contribution is 2.22. The maximum absolute atomic E-state index is 12.5. The van der Waals surface area contributed by atoms with Gasteiger partial charge >= 0.3 is 5.97 Å². The highest BCUT2D eigenvalue weighted by Gasteiger charge is 2.18. The molecule has 1 aromatic heterocycles. The van der Waals surface area contributed by atoms with Gasteiger partial charge in [-0.25, -0.2) is 4.79 Å². The Hall–Kier alpha value is -3.41. The number of ether oxygens (including phenoxy) is 2. The van der Waals surface area contributed by atoms with Crippen LogP contribution in [0.1, 0.15) is 28.5 Å². The van der Waals surface area contributed by atoms with Crippen LogP contribution in [0, 0.1) is 6.92 Å². The number of methoxy groups -OCH3 is 1. The van der Waals surface area contributed by atoms with E-state index in [2.05, 4.69) is 4.98 Å². The molecule has 1 heterocycles. The number of amides is 1. The number of rotatable bonds is 7. The Morgan fingerprint density at radius 3 is 2.52 bits per heavy atom. The average Bonchev–Trinajstić information content (AvgIpc) is 2.75. The summed E-state index contributed by atoms with van der Waals surface area (Å²) in [5.41, 5.74) is 2.65. The summed E-state index contributed by atoms with van der Waals surface area (Å²) in [6.07, 6.45) is 0. The van der Waals surface area contributed by atoms with Crippen molar-refractivity contribution in [3.8, 4) is 5.75 Å². The molecule has 0 spiro atoms. The molecule has 0 aliphatic carbocycles. The second-order valence-corrected chi connectivity index (χ2v) is 6.65. The minimum Gasteiger partial charge on any atom is -0.497 e. The molecule has 3 rings (SSSR count). The standard InChI is InChI=1S/C23H24N2O4/c1-4-25(14-17-8-6-5-7-9-17)22(26)15-29-23(27)20-12-18-10-11-19(28-3)13-21(18)24-16(20)2/h5-13H,4,14-15H2,1-3H3. The molecule has 0 aliphatic heterocycles. The van der Waals surface area contributed by atoms with Crippen molar-refractivity contribution < 1.29 is 19.1 Å². The van der Waals surface area contributed by atoms with E-state index in [1.807, 2.05) is 49.4 Å². The van der Waals surface area contributed by atoms with Crippen LogP contribution >= 0.6 is 0 Å². The molecule has 0 aliphatic rings. The Morgan fingerprint density at radius 2 is 1.83 bits per heavy atom. The third-order valence-electron chi connectivity index (χ3n) is 4.71. The van der Waals surface area contributed by atoms with Crippen molar-refractivity contribution >= 4 is 22.8 Å². The lowest BCUT2D eigenvalue weighted by molar-refractivity contribution is -0.134. The molecular weight excluding hydrogens is 368 g/mol. The first-order chi connectivity index (χ1) is 14.0. The monoisotopic (exact) mass is 392 g/mol. The molecule has 6 heteroatoms. The third kappa shape index (κ3) is 4.90. The molecule has 0 unspecified atom stereocenters. The normalized spacial score (nSPS) is 10.6. The van der Waals surface area contributed by atoms with E-state index in [-0.39, 0.29) is 12.5 Å². The molecule has 6 nitrogen and oxygen atoms in total. The van der Waals surface area contributed by atoms with Crippen LogP contribution in [0.25, 0.3) is 10.9 Å². The number of hydrogen-bond acceptors (Lipinski definition) is 5. The van der Waals surface area contributed by atoms with Crippen LogP contribution in [0.3, 0.4) is 0 Å². The van der Waals surface area contributed by atoms with Crippen molar-refractivity contribution in [2.24, 2.45) is 0 Å². The first kappa shape index (κ1) is 20.3. The Labute approximate surface area is 170 Å². The highest BCUT2D eigenvalue weighted by atomic mass is 16.5. The van der Waals surface area contributed by atoms with E-state index >= 15 is 0 Å². The zero-order chi connectivity index (χ0) is 20.8. The molecule has 0 bridgehead atoms. The lowest BCUT2D eigenvalue weighted by Crippen LogP contribution is -2.34. The number of hydrogen-bond donors (Lipinski definition) is 0. The molecule has 0 atom stereocenters. The van der Waals surface area contributed by atoms with E-state index in [9.17, 15) is 9.59 Å². The molecular formula is C23H24N2O4.